The van der Waals surface area contributed by atoms with Gasteiger partial charge in [0, 0.05) is 30.4 Å². The number of hydrogen-bond donors (Lipinski definition) is 2. The van der Waals surface area contributed by atoms with Crippen molar-refractivity contribution in [3.63, 3.8) is 0 Å². The zero-order valence-electron chi connectivity index (χ0n) is 23.0. The highest BCUT2D eigenvalue weighted by molar-refractivity contribution is 6.31. The number of aromatic amines is 1. The highest BCUT2D eigenvalue weighted by Crippen LogP contribution is 2.36. The van der Waals surface area contributed by atoms with Crippen molar-refractivity contribution in [1.82, 2.24) is 19.5 Å². The topological polar surface area (TPSA) is 122 Å². The summed E-state index contributed by atoms with van der Waals surface area (Å²) in [6, 6.07) is 13.5. The first kappa shape index (κ1) is 28.6. The lowest BCUT2D eigenvalue weighted by molar-refractivity contribution is -0.112. The molecule has 1 aliphatic heterocycles. The Morgan fingerprint density at radius 1 is 1.14 bits per heavy atom. The molecule has 0 bridgehead atoms. The molecule has 1 unspecified atom stereocenters. The molecule has 0 aliphatic carbocycles. The van der Waals surface area contributed by atoms with Crippen molar-refractivity contribution in [2.75, 3.05) is 6.61 Å². The summed E-state index contributed by atoms with van der Waals surface area (Å²) in [6.07, 6.45) is 2.31. The van der Waals surface area contributed by atoms with Crippen LogP contribution < -0.4 is 5.56 Å². The second kappa shape index (κ2) is 11.3. The van der Waals surface area contributed by atoms with Gasteiger partial charge in [0.2, 0.25) is 0 Å². The number of imidazole rings is 1. The summed E-state index contributed by atoms with van der Waals surface area (Å²) < 4.78 is 29.1. The third-order valence-corrected chi connectivity index (χ3v) is 7.94. The monoisotopic (exact) mass is 605 g/mol. The van der Waals surface area contributed by atoms with Crippen molar-refractivity contribution < 1.29 is 23.5 Å². The average Bonchev–Trinajstić information content (AvgIpc) is 3.61. The summed E-state index contributed by atoms with van der Waals surface area (Å²) in [7, 11) is 0. The van der Waals surface area contributed by atoms with Crippen LogP contribution in [0.4, 0.5) is 8.78 Å². The van der Waals surface area contributed by atoms with Gasteiger partial charge in [-0.05, 0) is 62.2 Å². The Kier molecular flexibility index (Phi) is 7.53. The van der Waals surface area contributed by atoms with Crippen LogP contribution in [0, 0.1) is 17.6 Å². The Labute approximate surface area is 248 Å². The molecular weight excluding hydrogens is 580 g/mol. The number of benzene rings is 3. The van der Waals surface area contributed by atoms with Crippen LogP contribution in [0.3, 0.4) is 0 Å². The molecule has 0 spiro atoms. The molecule has 0 saturated heterocycles. The number of aliphatic hydroxyl groups excluding tert-OH is 1. The number of aldehydes is 1. The van der Waals surface area contributed by atoms with E-state index in [0.717, 1.165) is 0 Å². The van der Waals surface area contributed by atoms with Gasteiger partial charge in [0.25, 0.3) is 5.56 Å². The molecule has 220 valence electrons. The molecule has 3 heterocycles. The third kappa shape index (κ3) is 5.41. The normalized spacial score (nSPS) is 17.3. The maximum Gasteiger partial charge on any atom is 0.265 e. The van der Waals surface area contributed by atoms with Crippen LogP contribution >= 0.6 is 11.6 Å². The van der Waals surface area contributed by atoms with Crippen molar-refractivity contribution in [2.24, 2.45) is 11.1 Å². The Bertz CT molecular complexity index is 1920. The summed E-state index contributed by atoms with van der Waals surface area (Å²) in [5.74, 6) is -0.597. The molecule has 5 aromatic rings. The maximum absolute atomic E-state index is 14.0. The van der Waals surface area contributed by atoms with E-state index in [1.54, 1.807) is 18.2 Å². The number of nitrogens with zero attached hydrogens (tertiary/aromatic N) is 4. The zero-order valence-corrected chi connectivity index (χ0v) is 23.7. The number of halogens is 3. The molecule has 2 aromatic heterocycles. The number of nitrogens with one attached hydrogen (secondary N) is 1. The highest BCUT2D eigenvalue weighted by atomic mass is 35.5. The van der Waals surface area contributed by atoms with E-state index in [1.165, 1.54) is 41.0 Å². The predicted octanol–water partition coefficient (Wildman–Crippen LogP) is 5.36. The molecule has 9 nitrogen and oxygen atoms in total. The molecule has 0 saturated carbocycles. The molecule has 12 heteroatoms. The molecule has 0 radical (unpaired) electrons. The first-order valence-electron chi connectivity index (χ1n) is 13.7. The summed E-state index contributed by atoms with van der Waals surface area (Å²) in [5, 5.41) is 14.0. The fourth-order valence-corrected chi connectivity index (χ4v) is 5.39. The number of H-pyrrole nitrogens is 1. The molecule has 2 N–H and O–H groups in total. The number of aliphatic hydroxyl groups is 1. The Morgan fingerprint density at radius 2 is 1.93 bits per heavy atom. The van der Waals surface area contributed by atoms with E-state index in [4.69, 9.17) is 21.4 Å². The number of hydrogen-bond acceptors (Lipinski definition) is 7. The van der Waals surface area contributed by atoms with Crippen molar-refractivity contribution in [3.8, 4) is 5.69 Å². The van der Waals surface area contributed by atoms with Gasteiger partial charge in [-0.25, -0.2) is 18.7 Å². The van der Waals surface area contributed by atoms with E-state index in [1.807, 2.05) is 6.92 Å². The number of aromatic nitrogens is 4. The van der Waals surface area contributed by atoms with E-state index < -0.39 is 23.2 Å². The smallest absolute Gasteiger partial charge is 0.265 e. The Balaban J connectivity index is 1.34. The number of carbonyl (C=O) groups is 1. The lowest BCUT2D eigenvalue weighted by Gasteiger charge is -2.18. The van der Waals surface area contributed by atoms with Gasteiger partial charge in [0.05, 0.1) is 45.0 Å². The first-order chi connectivity index (χ1) is 20.7. The van der Waals surface area contributed by atoms with Gasteiger partial charge in [0.15, 0.2) is 11.4 Å². The number of rotatable bonds is 9. The Hall–Kier alpha value is -4.48. The summed E-state index contributed by atoms with van der Waals surface area (Å²) in [6.45, 7) is 1.56. The molecule has 0 fully saturated rings. The molecule has 3 aromatic carbocycles. The molecule has 6 rings (SSSR count). The van der Waals surface area contributed by atoms with Crippen LogP contribution in [0.1, 0.15) is 43.4 Å². The minimum absolute atomic E-state index is 0.0292. The molecular formula is C31H26ClF2N5O4. The zero-order chi connectivity index (χ0) is 30.3. The lowest BCUT2D eigenvalue weighted by atomic mass is 9.95. The quantitative estimate of drug-likeness (QED) is 0.218. The fourth-order valence-electron chi connectivity index (χ4n) is 5.24. The average molecular weight is 606 g/mol. The molecule has 0 amide bonds. The van der Waals surface area contributed by atoms with E-state index in [9.17, 15) is 23.5 Å². The van der Waals surface area contributed by atoms with Gasteiger partial charge < -0.3 is 19.7 Å². The number of oxime groups is 1. The Morgan fingerprint density at radius 3 is 2.67 bits per heavy atom. The van der Waals surface area contributed by atoms with Crippen LogP contribution in [-0.2, 0) is 21.7 Å². The van der Waals surface area contributed by atoms with Crippen molar-refractivity contribution in [1.29, 1.82) is 0 Å². The minimum atomic E-state index is -0.960. The van der Waals surface area contributed by atoms with Gasteiger partial charge in [-0.2, -0.15) is 0 Å². The van der Waals surface area contributed by atoms with E-state index in [-0.39, 0.29) is 17.2 Å². The van der Waals surface area contributed by atoms with Crippen molar-refractivity contribution in [3.05, 3.63) is 98.8 Å². The third-order valence-electron chi connectivity index (χ3n) is 7.65. The van der Waals surface area contributed by atoms with Gasteiger partial charge in [-0.3, -0.25) is 9.36 Å². The summed E-state index contributed by atoms with van der Waals surface area (Å²) in [5.41, 5.74) is 1.90. The second-order valence-electron chi connectivity index (χ2n) is 10.8. The van der Waals surface area contributed by atoms with E-state index in [0.29, 0.717) is 82.5 Å². The molecule has 43 heavy (non-hydrogen) atoms. The van der Waals surface area contributed by atoms with Gasteiger partial charge in [0.1, 0.15) is 23.7 Å². The van der Waals surface area contributed by atoms with Gasteiger partial charge >= 0.3 is 0 Å². The first-order valence-corrected chi connectivity index (χ1v) is 14.1. The SMILES string of the molecule is C[C@]1(c2nc3cc(Cl)c(F)cc3[nH]2)CC(c2ccc3c(=O)n(-c4ccc(F)cc4)c(CCCC(C=O)CO)nc3c2)=NO1. The van der Waals surface area contributed by atoms with Crippen molar-refractivity contribution in [2.45, 2.75) is 38.2 Å². The van der Waals surface area contributed by atoms with Gasteiger partial charge in [-0.15, -0.1) is 0 Å². The predicted molar refractivity (Wildman–Crippen MR) is 158 cm³/mol. The highest BCUT2D eigenvalue weighted by Gasteiger charge is 2.40. The largest absolute Gasteiger partial charge is 0.396 e. The maximum atomic E-state index is 14.0. The number of carbonyl (C=O) groups excluding carboxylic acids is 1. The molecule has 2 atom stereocenters. The van der Waals surface area contributed by atoms with Crippen LogP contribution in [0.2, 0.25) is 5.02 Å². The lowest BCUT2D eigenvalue weighted by Crippen LogP contribution is -2.25. The van der Waals surface area contributed by atoms with E-state index in [2.05, 4.69) is 15.1 Å². The van der Waals surface area contributed by atoms with Crippen LogP contribution in [-0.4, -0.2) is 43.2 Å². The summed E-state index contributed by atoms with van der Waals surface area (Å²) in [4.78, 5) is 43.2. The molecule has 1 aliphatic rings. The number of fused-ring (bicyclic) bond motifs is 2. The van der Waals surface area contributed by atoms with Crippen LogP contribution in [0.5, 0.6) is 0 Å². The number of aryl methyl sites for hydroxylation is 1. The van der Waals surface area contributed by atoms with E-state index >= 15 is 0 Å². The minimum Gasteiger partial charge on any atom is -0.396 e. The van der Waals surface area contributed by atoms with Crippen molar-refractivity contribution >= 4 is 45.5 Å². The second-order valence-corrected chi connectivity index (χ2v) is 11.2. The van der Waals surface area contributed by atoms with Crippen LogP contribution in [0.15, 0.2) is 64.5 Å². The van der Waals surface area contributed by atoms with Crippen LogP contribution in [0.25, 0.3) is 27.6 Å². The summed E-state index contributed by atoms with van der Waals surface area (Å²) >= 11 is 5.92. The standard InChI is InChI=1S/C31H26ClF2N5O4/c1-31(30-36-25-12-22(32)23(34)13-26(25)37-30)14-27(38-43-31)18-5-10-21-24(11-18)35-28(4-2-3-17(15-40)16-41)39(29(21)42)20-8-6-19(33)7-9-20/h5-13,15,17,41H,2-4,14,16H2,1H3,(H,36,37)/t17?,31-/m1/s1. The fraction of sp³-hybridized carbons (Fsp3) is 0.258. The van der Waals surface area contributed by atoms with Gasteiger partial charge in [-0.1, -0.05) is 22.8 Å².